The third-order valence-corrected chi connectivity index (χ3v) is 4.17. The summed E-state index contributed by atoms with van der Waals surface area (Å²) in [5.74, 6) is 0.181. The van der Waals surface area contributed by atoms with Crippen LogP contribution in [0.15, 0.2) is 28.3 Å². The van der Waals surface area contributed by atoms with Crippen LogP contribution < -0.4 is 10.6 Å². The van der Waals surface area contributed by atoms with E-state index in [1.165, 1.54) is 22.0 Å². The summed E-state index contributed by atoms with van der Waals surface area (Å²) in [5, 5.41) is 18.6. The van der Waals surface area contributed by atoms with Gasteiger partial charge in [-0.25, -0.2) is 0 Å². The van der Waals surface area contributed by atoms with Gasteiger partial charge >= 0.3 is 5.82 Å². The number of amides is 1. The van der Waals surface area contributed by atoms with Gasteiger partial charge in [-0.2, -0.15) is 9.38 Å². The summed E-state index contributed by atoms with van der Waals surface area (Å²) in [6, 6.07) is 1.72. The van der Waals surface area contributed by atoms with E-state index in [1.807, 2.05) is 0 Å². The zero-order chi connectivity index (χ0) is 17.1. The number of thiazole rings is 1. The number of carbonyl (C=O) groups excluding carboxylic acids is 1. The number of hydrogen-bond acceptors (Lipinski definition) is 7. The van der Waals surface area contributed by atoms with Crippen LogP contribution in [-0.4, -0.2) is 33.3 Å². The van der Waals surface area contributed by atoms with Crippen molar-refractivity contribution in [3.8, 4) is 0 Å². The minimum atomic E-state index is -0.462. The molecule has 3 heterocycles. The highest BCUT2D eigenvalue weighted by molar-refractivity contribution is 7.15. The van der Waals surface area contributed by atoms with Crippen LogP contribution in [0.5, 0.6) is 0 Å². The van der Waals surface area contributed by atoms with E-state index in [0.29, 0.717) is 30.2 Å². The molecular formula is C14H15N5O4S. The number of nitrogens with zero attached hydrogens (tertiary/aromatic N) is 3. The summed E-state index contributed by atoms with van der Waals surface area (Å²) in [6.45, 7) is 2.66. The van der Waals surface area contributed by atoms with Crippen molar-refractivity contribution in [1.82, 2.24) is 14.7 Å². The summed E-state index contributed by atoms with van der Waals surface area (Å²) in [7, 11) is 0. The molecule has 126 valence electrons. The van der Waals surface area contributed by atoms with Crippen molar-refractivity contribution in [1.29, 1.82) is 0 Å². The molecule has 0 bridgehead atoms. The number of rotatable bonds is 7. The predicted molar refractivity (Wildman–Crippen MR) is 88.6 cm³/mol. The molecule has 3 aromatic rings. The molecule has 10 heteroatoms. The van der Waals surface area contributed by atoms with Crippen molar-refractivity contribution in [2.24, 2.45) is 0 Å². The third kappa shape index (κ3) is 3.08. The smallest absolute Gasteiger partial charge is 0.372 e. The van der Waals surface area contributed by atoms with Crippen LogP contribution in [0, 0.1) is 17.0 Å². The molecule has 9 nitrogen and oxygen atoms in total. The van der Waals surface area contributed by atoms with Gasteiger partial charge in [0.1, 0.15) is 6.20 Å². The SMILES string of the molecule is Cc1ccoc1C(=O)NCCCNc1nc2sccn2c1[N+](=O)[O-]. The Bertz CT molecular complexity index is 881. The number of furan rings is 1. The molecule has 24 heavy (non-hydrogen) atoms. The second-order valence-corrected chi connectivity index (χ2v) is 5.94. The molecule has 0 saturated heterocycles. The van der Waals surface area contributed by atoms with Crippen LogP contribution in [0.3, 0.4) is 0 Å². The quantitative estimate of drug-likeness (QED) is 0.385. The standard InChI is InChI=1S/C14H15N5O4S/c1-9-3-7-23-10(9)12(20)16-5-2-4-15-11-13(19(21)22)18-6-8-24-14(18)17-11/h3,6-8,15H,2,4-5H2,1H3,(H,16,20). The van der Waals surface area contributed by atoms with Crippen LogP contribution in [0.25, 0.3) is 4.96 Å². The fourth-order valence-electron chi connectivity index (χ4n) is 2.25. The van der Waals surface area contributed by atoms with E-state index in [4.69, 9.17) is 4.42 Å². The molecule has 0 aliphatic rings. The summed E-state index contributed by atoms with van der Waals surface area (Å²) in [6.07, 6.45) is 3.67. The molecule has 0 fully saturated rings. The van der Waals surface area contributed by atoms with Gasteiger partial charge in [0.25, 0.3) is 10.9 Å². The number of fused-ring (bicyclic) bond motifs is 1. The average molecular weight is 349 g/mol. The van der Waals surface area contributed by atoms with Gasteiger partial charge in [-0.15, -0.1) is 0 Å². The lowest BCUT2D eigenvalue weighted by molar-refractivity contribution is -0.389. The van der Waals surface area contributed by atoms with Gasteiger partial charge in [-0.1, -0.05) is 11.3 Å². The molecule has 0 aliphatic carbocycles. The van der Waals surface area contributed by atoms with Crippen LogP contribution in [-0.2, 0) is 0 Å². The number of aromatic nitrogens is 2. The van der Waals surface area contributed by atoms with Gasteiger partial charge in [-0.05, 0) is 24.3 Å². The van der Waals surface area contributed by atoms with Gasteiger partial charge in [0.05, 0.1) is 6.26 Å². The molecule has 2 N–H and O–H groups in total. The number of aryl methyl sites for hydroxylation is 1. The second-order valence-electron chi connectivity index (χ2n) is 5.07. The summed E-state index contributed by atoms with van der Waals surface area (Å²) >= 11 is 1.33. The molecule has 0 unspecified atom stereocenters. The van der Waals surface area contributed by atoms with Crippen molar-refractivity contribution < 1.29 is 14.1 Å². The van der Waals surface area contributed by atoms with Gasteiger partial charge in [0, 0.05) is 24.0 Å². The van der Waals surface area contributed by atoms with E-state index in [2.05, 4.69) is 15.6 Å². The number of nitro groups is 1. The lowest BCUT2D eigenvalue weighted by atomic mass is 10.2. The fourth-order valence-corrected chi connectivity index (χ4v) is 2.96. The Morgan fingerprint density at radius 3 is 3.04 bits per heavy atom. The zero-order valence-corrected chi connectivity index (χ0v) is 13.6. The molecule has 0 aliphatic heterocycles. The molecule has 0 saturated carbocycles. The van der Waals surface area contributed by atoms with Crippen molar-refractivity contribution in [3.63, 3.8) is 0 Å². The maximum Gasteiger partial charge on any atom is 0.372 e. The molecular weight excluding hydrogens is 334 g/mol. The third-order valence-electron chi connectivity index (χ3n) is 3.41. The summed E-state index contributed by atoms with van der Waals surface area (Å²) < 4.78 is 6.54. The number of hydrogen-bond donors (Lipinski definition) is 2. The van der Waals surface area contributed by atoms with E-state index < -0.39 is 4.92 Å². The first-order valence-electron chi connectivity index (χ1n) is 7.24. The van der Waals surface area contributed by atoms with Crippen molar-refractivity contribution in [2.45, 2.75) is 13.3 Å². The largest absolute Gasteiger partial charge is 0.459 e. The lowest BCUT2D eigenvalue weighted by Gasteiger charge is -2.05. The molecule has 0 aromatic carbocycles. The maximum absolute atomic E-state index is 11.9. The molecule has 3 rings (SSSR count). The van der Waals surface area contributed by atoms with Crippen LogP contribution in [0.2, 0.25) is 0 Å². The van der Waals surface area contributed by atoms with E-state index in [9.17, 15) is 14.9 Å². The number of anilines is 1. The molecule has 0 atom stereocenters. The van der Waals surface area contributed by atoms with E-state index in [0.717, 1.165) is 5.56 Å². The Morgan fingerprint density at radius 2 is 2.33 bits per heavy atom. The van der Waals surface area contributed by atoms with E-state index in [1.54, 1.807) is 24.6 Å². The number of carbonyl (C=O) groups is 1. The summed E-state index contributed by atoms with van der Waals surface area (Å²) in [5.41, 5.74) is 0.777. The van der Waals surface area contributed by atoms with Crippen molar-refractivity contribution in [2.75, 3.05) is 18.4 Å². The van der Waals surface area contributed by atoms with Crippen LogP contribution >= 0.6 is 11.3 Å². The normalized spacial score (nSPS) is 10.9. The second kappa shape index (κ2) is 6.71. The summed E-state index contributed by atoms with van der Waals surface area (Å²) in [4.78, 5) is 27.3. The fraction of sp³-hybridized carbons (Fsp3) is 0.286. The Morgan fingerprint density at radius 1 is 1.50 bits per heavy atom. The van der Waals surface area contributed by atoms with E-state index in [-0.39, 0.29) is 17.5 Å². The molecule has 0 spiro atoms. The molecule has 0 radical (unpaired) electrons. The van der Waals surface area contributed by atoms with Gasteiger partial charge in [0.15, 0.2) is 5.76 Å². The van der Waals surface area contributed by atoms with Gasteiger partial charge in [0.2, 0.25) is 5.82 Å². The molecule has 1 amide bonds. The lowest BCUT2D eigenvalue weighted by Crippen LogP contribution is -2.26. The minimum Gasteiger partial charge on any atom is -0.459 e. The Labute approximate surface area is 140 Å². The molecule has 3 aromatic heterocycles. The zero-order valence-electron chi connectivity index (χ0n) is 12.8. The monoisotopic (exact) mass is 349 g/mol. The highest BCUT2D eigenvalue weighted by Gasteiger charge is 2.23. The van der Waals surface area contributed by atoms with Crippen molar-refractivity contribution >= 4 is 33.8 Å². The van der Waals surface area contributed by atoms with Crippen LogP contribution in [0.4, 0.5) is 11.6 Å². The maximum atomic E-state index is 11.9. The van der Waals surface area contributed by atoms with Gasteiger partial charge < -0.3 is 25.2 Å². The Hall–Kier alpha value is -2.88. The Balaban J connectivity index is 1.51. The average Bonchev–Trinajstić information content (AvgIpc) is 3.21. The Kier molecular flexibility index (Phi) is 4.47. The minimum absolute atomic E-state index is 0.0819. The first-order valence-corrected chi connectivity index (χ1v) is 8.12. The number of imidazole rings is 1. The van der Waals surface area contributed by atoms with Crippen molar-refractivity contribution in [3.05, 3.63) is 45.3 Å². The number of nitrogens with one attached hydrogen (secondary N) is 2. The predicted octanol–water partition coefficient (Wildman–Crippen LogP) is 2.44. The topological polar surface area (TPSA) is 115 Å². The van der Waals surface area contributed by atoms with E-state index >= 15 is 0 Å². The van der Waals surface area contributed by atoms with Gasteiger partial charge in [-0.3, -0.25) is 4.79 Å². The highest BCUT2D eigenvalue weighted by Crippen LogP contribution is 2.27. The first-order chi connectivity index (χ1) is 11.6. The first kappa shape index (κ1) is 16.0. The van der Waals surface area contributed by atoms with Crippen LogP contribution in [0.1, 0.15) is 22.5 Å². The highest BCUT2D eigenvalue weighted by atomic mass is 32.1.